The van der Waals surface area contributed by atoms with Crippen LogP contribution in [0.2, 0.25) is 0 Å². The Morgan fingerprint density at radius 1 is 1.00 bits per heavy atom. The Morgan fingerprint density at radius 3 is 2.47 bits per heavy atom. The van der Waals surface area contributed by atoms with Crippen molar-refractivity contribution in [1.82, 2.24) is 14.5 Å². The van der Waals surface area contributed by atoms with Crippen molar-refractivity contribution in [1.29, 1.82) is 0 Å². The number of para-hydroxylation sites is 1. The Hall–Kier alpha value is -4.13. The third kappa shape index (κ3) is 3.80. The normalized spacial score (nSPS) is 13.9. The van der Waals surface area contributed by atoms with Crippen LogP contribution in [0.1, 0.15) is 18.4 Å². The molecule has 4 aromatic rings. The summed E-state index contributed by atoms with van der Waals surface area (Å²) in [6.07, 6.45) is 6.88. The number of hydrogen-bond donors (Lipinski definition) is 1. The van der Waals surface area contributed by atoms with Crippen molar-refractivity contribution >= 4 is 11.6 Å². The summed E-state index contributed by atoms with van der Waals surface area (Å²) in [5.74, 6) is 2.49. The lowest BCUT2D eigenvalue weighted by molar-refractivity contribution is -0.118. The first-order chi connectivity index (χ1) is 15.7. The highest BCUT2D eigenvalue weighted by Gasteiger charge is 2.52. The van der Waals surface area contributed by atoms with E-state index >= 15 is 0 Å². The zero-order valence-electron chi connectivity index (χ0n) is 17.6. The highest BCUT2D eigenvalue weighted by Crippen LogP contribution is 2.52. The van der Waals surface area contributed by atoms with E-state index in [-0.39, 0.29) is 5.91 Å². The second kappa shape index (κ2) is 8.19. The number of ether oxygens (including phenoxy) is 2. The summed E-state index contributed by atoms with van der Waals surface area (Å²) >= 11 is 0. The molecule has 2 aromatic heterocycles. The predicted octanol–water partition coefficient (Wildman–Crippen LogP) is 4.74. The van der Waals surface area contributed by atoms with E-state index in [9.17, 15) is 4.79 Å². The average molecular weight is 426 g/mol. The molecule has 1 aliphatic rings. The highest BCUT2D eigenvalue weighted by molar-refractivity contribution is 6.01. The minimum atomic E-state index is -0.530. The highest BCUT2D eigenvalue weighted by atomic mass is 16.5. The van der Waals surface area contributed by atoms with Gasteiger partial charge in [0.25, 0.3) is 0 Å². The summed E-state index contributed by atoms with van der Waals surface area (Å²) in [7, 11) is 1.63. The Labute approximate surface area is 185 Å². The fourth-order valence-corrected chi connectivity index (χ4v) is 3.78. The van der Waals surface area contributed by atoms with Crippen LogP contribution in [-0.2, 0) is 10.2 Å². The molecule has 1 N–H and O–H groups in total. The van der Waals surface area contributed by atoms with Crippen LogP contribution in [0.4, 0.5) is 5.69 Å². The fourth-order valence-electron chi connectivity index (χ4n) is 3.78. The molecule has 5 rings (SSSR count). The van der Waals surface area contributed by atoms with E-state index in [0.29, 0.717) is 17.3 Å². The maximum absolute atomic E-state index is 13.1. The maximum Gasteiger partial charge on any atom is 0.235 e. The second-order valence-electron chi connectivity index (χ2n) is 7.67. The zero-order valence-corrected chi connectivity index (χ0v) is 17.6. The van der Waals surface area contributed by atoms with Gasteiger partial charge in [-0.15, -0.1) is 0 Å². The summed E-state index contributed by atoms with van der Waals surface area (Å²) in [4.78, 5) is 21.5. The topological polar surface area (TPSA) is 78.3 Å². The van der Waals surface area contributed by atoms with Crippen LogP contribution < -0.4 is 14.8 Å². The molecule has 0 saturated heterocycles. The number of hydrogen-bond acceptors (Lipinski definition) is 5. The molecular formula is C25H22N4O3. The van der Waals surface area contributed by atoms with Gasteiger partial charge in [-0.3, -0.25) is 4.79 Å². The molecule has 7 heteroatoms. The third-order valence-electron chi connectivity index (χ3n) is 5.64. The van der Waals surface area contributed by atoms with Crippen molar-refractivity contribution in [2.45, 2.75) is 18.3 Å². The van der Waals surface area contributed by atoms with Crippen molar-refractivity contribution in [3.63, 3.8) is 0 Å². The molecule has 1 fully saturated rings. The number of carbonyl (C=O) groups is 1. The molecule has 0 unspecified atom stereocenters. The quantitative estimate of drug-likeness (QED) is 0.462. The monoisotopic (exact) mass is 426 g/mol. The summed E-state index contributed by atoms with van der Waals surface area (Å²) in [6, 6.07) is 20.6. The van der Waals surface area contributed by atoms with Gasteiger partial charge in [0.1, 0.15) is 23.6 Å². The molecule has 32 heavy (non-hydrogen) atoms. The first-order valence-corrected chi connectivity index (χ1v) is 10.4. The fraction of sp³-hybridized carbons (Fsp3) is 0.160. The first kappa shape index (κ1) is 19.8. The summed E-state index contributed by atoms with van der Waals surface area (Å²) in [5.41, 5.74) is 1.11. The van der Waals surface area contributed by atoms with Gasteiger partial charge < -0.3 is 19.4 Å². The van der Waals surface area contributed by atoms with Crippen LogP contribution in [0.5, 0.6) is 17.4 Å². The van der Waals surface area contributed by atoms with Gasteiger partial charge in [0.15, 0.2) is 0 Å². The van der Waals surface area contributed by atoms with Gasteiger partial charge in [-0.2, -0.15) is 0 Å². The molecule has 0 atom stereocenters. The van der Waals surface area contributed by atoms with E-state index in [0.717, 1.165) is 30.0 Å². The molecule has 2 aromatic carbocycles. The van der Waals surface area contributed by atoms with Gasteiger partial charge in [-0.1, -0.05) is 18.2 Å². The standard InChI is InChI=1S/C25H22N4O3/c1-31-21-7-3-2-6-20(21)25(12-13-25)24(30)28-18-8-10-19(11-9-18)32-23-16-22(26-17-27-23)29-14-4-5-15-29/h2-11,14-17H,12-13H2,1H3,(H,28,30). The SMILES string of the molecule is COc1ccccc1C1(C(=O)Nc2ccc(Oc3cc(-n4cccc4)ncn3)cc2)CC1. The molecule has 0 spiro atoms. The molecule has 1 aliphatic carbocycles. The molecule has 160 valence electrons. The van der Waals surface area contributed by atoms with Crippen molar-refractivity contribution in [2.24, 2.45) is 0 Å². The van der Waals surface area contributed by atoms with E-state index in [2.05, 4.69) is 15.3 Å². The number of carbonyl (C=O) groups excluding carboxylic acids is 1. The van der Waals surface area contributed by atoms with Crippen LogP contribution in [0.3, 0.4) is 0 Å². The van der Waals surface area contributed by atoms with Gasteiger partial charge in [0.05, 0.1) is 12.5 Å². The van der Waals surface area contributed by atoms with Crippen LogP contribution in [0.25, 0.3) is 5.82 Å². The molecule has 7 nitrogen and oxygen atoms in total. The molecule has 0 aliphatic heterocycles. The van der Waals surface area contributed by atoms with E-state index in [1.807, 2.05) is 65.5 Å². The van der Waals surface area contributed by atoms with Crippen molar-refractivity contribution in [2.75, 3.05) is 12.4 Å². The lowest BCUT2D eigenvalue weighted by Crippen LogP contribution is -2.28. The lowest BCUT2D eigenvalue weighted by atomic mass is 9.94. The summed E-state index contributed by atoms with van der Waals surface area (Å²) in [5, 5.41) is 3.03. The zero-order chi connectivity index (χ0) is 22.0. The van der Waals surface area contributed by atoms with Crippen molar-refractivity contribution in [3.8, 4) is 23.2 Å². The summed E-state index contributed by atoms with van der Waals surface area (Å²) < 4.78 is 13.2. The van der Waals surface area contributed by atoms with Crippen LogP contribution in [0.15, 0.2) is 85.5 Å². The van der Waals surface area contributed by atoms with Gasteiger partial charge in [-0.25, -0.2) is 9.97 Å². The number of aromatic nitrogens is 3. The largest absolute Gasteiger partial charge is 0.496 e. The third-order valence-corrected chi connectivity index (χ3v) is 5.64. The van der Waals surface area contributed by atoms with E-state index in [1.165, 1.54) is 6.33 Å². The van der Waals surface area contributed by atoms with Gasteiger partial charge in [-0.05, 0) is 55.3 Å². The van der Waals surface area contributed by atoms with E-state index < -0.39 is 5.41 Å². The molecule has 1 saturated carbocycles. The number of benzene rings is 2. The van der Waals surface area contributed by atoms with Crippen molar-refractivity contribution in [3.05, 3.63) is 91.0 Å². The van der Waals surface area contributed by atoms with Gasteiger partial charge >= 0.3 is 0 Å². The average Bonchev–Trinajstić information content (AvgIpc) is 3.46. The Kier molecular flexibility index (Phi) is 5.07. The number of rotatable bonds is 7. The smallest absolute Gasteiger partial charge is 0.235 e. The molecule has 2 heterocycles. The molecule has 1 amide bonds. The van der Waals surface area contributed by atoms with Gasteiger partial charge in [0.2, 0.25) is 11.8 Å². The molecule has 0 bridgehead atoms. The first-order valence-electron chi connectivity index (χ1n) is 10.4. The number of methoxy groups -OCH3 is 1. The van der Waals surface area contributed by atoms with Crippen LogP contribution in [0, 0.1) is 0 Å². The molecular weight excluding hydrogens is 404 g/mol. The maximum atomic E-state index is 13.1. The lowest BCUT2D eigenvalue weighted by Gasteiger charge is -2.18. The van der Waals surface area contributed by atoms with Crippen LogP contribution >= 0.6 is 0 Å². The van der Waals surface area contributed by atoms with E-state index in [1.54, 1.807) is 25.3 Å². The Bertz CT molecular complexity index is 1230. The number of nitrogens with one attached hydrogen (secondary N) is 1. The molecule has 0 radical (unpaired) electrons. The van der Waals surface area contributed by atoms with Crippen molar-refractivity contribution < 1.29 is 14.3 Å². The van der Waals surface area contributed by atoms with E-state index in [4.69, 9.17) is 9.47 Å². The number of amides is 1. The Balaban J connectivity index is 1.28. The predicted molar refractivity (Wildman–Crippen MR) is 120 cm³/mol. The number of nitrogens with zero attached hydrogens (tertiary/aromatic N) is 3. The number of anilines is 1. The Morgan fingerprint density at radius 2 is 1.75 bits per heavy atom. The minimum Gasteiger partial charge on any atom is -0.496 e. The van der Waals surface area contributed by atoms with Crippen LogP contribution in [-0.4, -0.2) is 27.6 Å². The minimum absolute atomic E-state index is 0.0252. The second-order valence-corrected chi connectivity index (χ2v) is 7.67. The van der Waals surface area contributed by atoms with Gasteiger partial charge in [0, 0.05) is 29.7 Å². The summed E-state index contributed by atoms with van der Waals surface area (Å²) in [6.45, 7) is 0.